The van der Waals surface area contributed by atoms with E-state index in [9.17, 15) is 9.59 Å². The number of halogens is 1. The number of anilines is 2. The highest BCUT2D eigenvalue weighted by Gasteiger charge is 2.29. The van der Waals surface area contributed by atoms with Crippen LogP contribution in [0.15, 0.2) is 48.8 Å². The van der Waals surface area contributed by atoms with Crippen molar-refractivity contribution in [1.82, 2.24) is 9.88 Å². The van der Waals surface area contributed by atoms with Gasteiger partial charge in [-0.2, -0.15) is 0 Å². The molecular formula is C21H18ClN5O2S2. The Hall–Kier alpha value is -3.01. The number of nitrogens with zero attached hydrogens (tertiary/aromatic N) is 2. The fraction of sp³-hybridized carbons (Fsp3) is 0.143. The minimum atomic E-state index is -0.573. The smallest absolute Gasteiger partial charge is 0.257 e. The van der Waals surface area contributed by atoms with Gasteiger partial charge in [-0.05, 0) is 48.5 Å². The number of thiocarbonyl (C=S) groups is 1. The highest BCUT2D eigenvalue weighted by molar-refractivity contribution is 7.80. The maximum absolute atomic E-state index is 12.7. The molecule has 31 heavy (non-hydrogen) atoms. The van der Waals surface area contributed by atoms with Gasteiger partial charge in [-0.15, -0.1) is 11.3 Å². The molecule has 3 aromatic rings. The van der Waals surface area contributed by atoms with Crippen LogP contribution in [0, 0.1) is 0 Å². The quantitative estimate of drug-likeness (QED) is 0.499. The molecule has 1 aromatic carbocycles. The Morgan fingerprint density at radius 3 is 2.71 bits per heavy atom. The standard InChI is InChI=1S/C21H18ClN5O2S2/c22-15-6-2-1-5-13(15)19(29)26-20-17(18(23)28)14-7-9-27(11-16(14)31-20)21(30)25-12-4-3-8-24-10-12/h1-6,8,10H,7,9,11H2,(H2,23,28)(H,25,30)(H,26,29). The lowest BCUT2D eigenvalue weighted by atomic mass is 10.0. The number of nitrogens with one attached hydrogen (secondary N) is 2. The molecule has 3 heterocycles. The molecule has 1 aliphatic heterocycles. The summed E-state index contributed by atoms with van der Waals surface area (Å²) in [6.07, 6.45) is 3.97. The van der Waals surface area contributed by atoms with Gasteiger partial charge in [0.15, 0.2) is 5.11 Å². The molecule has 4 N–H and O–H groups in total. The maximum atomic E-state index is 12.7. The van der Waals surface area contributed by atoms with Crippen LogP contribution in [0.4, 0.5) is 10.7 Å². The molecule has 0 saturated heterocycles. The number of hydrogen-bond donors (Lipinski definition) is 3. The lowest BCUT2D eigenvalue weighted by Gasteiger charge is -2.29. The Morgan fingerprint density at radius 1 is 1.19 bits per heavy atom. The van der Waals surface area contributed by atoms with Gasteiger partial charge < -0.3 is 21.3 Å². The van der Waals surface area contributed by atoms with E-state index in [4.69, 9.17) is 29.6 Å². The molecule has 0 bridgehead atoms. The van der Waals surface area contributed by atoms with Crippen molar-refractivity contribution in [2.24, 2.45) is 5.73 Å². The monoisotopic (exact) mass is 471 g/mol. The second kappa shape index (κ2) is 9.01. The van der Waals surface area contributed by atoms with Crippen LogP contribution >= 0.6 is 35.2 Å². The summed E-state index contributed by atoms with van der Waals surface area (Å²) < 4.78 is 0. The highest BCUT2D eigenvalue weighted by atomic mass is 35.5. The fourth-order valence-electron chi connectivity index (χ4n) is 3.38. The molecule has 0 radical (unpaired) electrons. The van der Waals surface area contributed by atoms with Gasteiger partial charge >= 0.3 is 0 Å². The Balaban J connectivity index is 1.56. The Morgan fingerprint density at radius 2 is 2.00 bits per heavy atom. The lowest BCUT2D eigenvalue weighted by molar-refractivity contribution is 0.1000. The minimum Gasteiger partial charge on any atom is -0.365 e. The van der Waals surface area contributed by atoms with Crippen LogP contribution in [-0.4, -0.2) is 33.4 Å². The molecule has 2 amide bonds. The van der Waals surface area contributed by atoms with Crippen molar-refractivity contribution in [2.45, 2.75) is 13.0 Å². The van der Waals surface area contributed by atoms with Crippen molar-refractivity contribution in [3.8, 4) is 0 Å². The molecule has 0 aliphatic carbocycles. The van der Waals surface area contributed by atoms with Crippen LogP contribution < -0.4 is 16.4 Å². The summed E-state index contributed by atoms with van der Waals surface area (Å²) in [5, 5.41) is 7.30. The first-order valence-corrected chi connectivity index (χ1v) is 11.0. The van der Waals surface area contributed by atoms with Crippen LogP contribution in [0.1, 0.15) is 31.2 Å². The summed E-state index contributed by atoms with van der Waals surface area (Å²) in [6, 6.07) is 10.4. The average molecular weight is 472 g/mol. The second-order valence-electron chi connectivity index (χ2n) is 6.85. The van der Waals surface area contributed by atoms with Gasteiger partial charge in [0.2, 0.25) is 0 Å². The summed E-state index contributed by atoms with van der Waals surface area (Å²) in [4.78, 5) is 31.9. The first-order chi connectivity index (χ1) is 14.9. The SMILES string of the molecule is NC(=O)c1c(NC(=O)c2ccccc2Cl)sc2c1CCN(C(=S)Nc1cccnc1)C2. The number of aromatic nitrogens is 1. The number of fused-ring (bicyclic) bond motifs is 1. The summed E-state index contributed by atoms with van der Waals surface area (Å²) in [5.41, 5.74) is 7.99. The molecule has 1 aliphatic rings. The van der Waals surface area contributed by atoms with E-state index in [0.717, 1.165) is 16.1 Å². The van der Waals surface area contributed by atoms with Gasteiger partial charge in [-0.25, -0.2) is 0 Å². The van der Waals surface area contributed by atoms with Crippen LogP contribution in [0.25, 0.3) is 0 Å². The minimum absolute atomic E-state index is 0.328. The van der Waals surface area contributed by atoms with Crippen molar-refractivity contribution < 1.29 is 9.59 Å². The van der Waals surface area contributed by atoms with E-state index >= 15 is 0 Å². The first kappa shape index (κ1) is 21.2. The van der Waals surface area contributed by atoms with Gasteiger partial charge in [-0.1, -0.05) is 23.7 Å². The van der Waals surface area contributed by atoms with E-state index in [1.165, 1.54) is 11.3 Å². The van der Waals surface area contributed by atoms with Crippen molar-refractivity contribution in [3.63, 3.8) is 0 Å². The van der Waals surface area contributed by atoms with Crippen molar-refractivity contribution >= 4 is 62.8 Å². The van der Waals surface area contributed by atoms with E-state index in [-0.39, 0.29) is 0 Å². The van der Waals surface area contributed by atoms with Gasteiger partial charge in [0, 0.05) is 17.6 Å². The van der Waals surface area contributed by atoms with Crippen molar-refractivity contribution in [3.05, 3.63) is 75.4 Å². The summed E-state index contributed by atoms with van der Waals surface area (Å²) >= 11 is 13.0. The number of pyridine rings is 1. The lowest BCUT2D eigenvalue weighted by Crippen LogP contribution is -2.38. The first-order valence-electron chi connectivity index (χ1n) is 9.40. The predicted octanol–water partition coefficient (Wildman–Crippen LogP) is 3.90. The van der Waals surface area contributed by atoms with Crippen LogP contribution in [0.3, 0.4) is 0 Å². The fourth-order valence-corrected chi connectivity index (χ4v) is 5.14. The topological polar surface area (TPSA) is 100 Å². The van der Waals surface area contributed by atoms with E-state index in [2.05, 4.69) is 15.6 Å². The van der Waals surface area contributed by atoms with Crippen LogP contribution in [-0.2, 0) is 13.0 Å². The normalized spacial score (nSPS) is 12.7. The summed E-state index contributed by atoms with van der Waals surface area (Å²) in [6.45, 7) is 1.13. The third-order valence-corrected chi connectivity index (χ3v) is 6.67. The zero-order chi connectivity index (χ0) is 22.0. The number of nitrogens with two attached hydrogens (primary N) is 1. The van der Waals surface area contributed by atoms with E-state index in [1.807, 2.05) is 17.0 Å². The number of amides is 2. The predicted molar refractivity (Wildman–Crippen MR) is 127 cm³/mol. The van der Waals surface area contributed by atoms with Crippen LogP contribution in [0.2, 0.25) is 5.02 Å². The number of carbonyl (C=O) groups is 2. The van der Waals surface area contributed by atoms with E-state index < -0.39 is 11.8 Å². The Labute approximate surface area is 193 Å². The molecule has 10 heteroatoms. The zero-order valence-corrected chi connectivity index (χ0v) is 18.6. The number of rotatable bonds is 4. The second-order valence-corrected chi connectivity index (χ2v) is 8.75. The van der Waals surface area contributed by atoms with Gasteiger partial charge in [0.25, 0.3) is 11.8 Å². The van der Waals surface area contributed by atoms with E-state index in [1.54, 1.807) is 36.7 Å². The number of primary amides is 1. The van der Waals surface area contributed by atoms with Crippen molar-refractivity contribution in [1.29, 1.82) is 0 Å². The molecule has 4 rings (SSSR count). The number of carbonyl (C=O) groups excluding carboxylic acids is 2. The summed E-state index contributed by atoms with van der Waals surface area (Å²) in [5.74, 6) is -0.964. The number of benzene rings is 1. The highest BCUT2D eigenvalue weighted by Crippen LogP contribution is 2.37. The van der Waals surface area contributed by atoms with Gasteiger partial charge in [0.1, 0.15) is 5.00 Å². The van der Waals surface area contributed by atoms with Crippen LogP contribution in [0.5, 0.6) is 0 Å². The molecule has 7 nitrogen and oxygen atoms in total. The number of thiophene rings is 1. The molecule has 0 fully saturated rings. The third-order valence-electron chi connectivity index (χ3n) is 4.85. The van der Waals surface area contributed by atoms with Gasteiger partial charge in [0.05, 0.1) is 34.6 Å². The van der Waals surface area contributed by atoms with Crippen molar-refractivity contribution in [2.75, 3.05) is 17.2 Å². The third kappa shape index (κ3) is 4.53. The summed E-state index contributed by atoms with van der Waals surface area (Å²) in [7, 11) is 0. The van der Waals surface area contributed by atoms with E-state index in [0.29, 0.717) is 45.8 Å². The molecule has 0 unspecified atom stereocenters. The Bertz CT molecular complexity index is 1170. The molecule has 0 spiro atoms. The molecule has 2 aromatic heterocycles. The number of hydrogen-bond acceptors (Lipinski definition) is 5. The molecule has 0 saturated carbocycles. The molecule has 158 valence electrons. The molecular weight excluding hydrogens is 454 g/mol. The maximum Gasteiger partial charge on any atom is 0.257 e. The Kier molecular flexibility index (Phi) is 6.17. The largest absolute Gasteiger partial charge is 0.365 e. The zero-order valence-electron chi connectivity index (χ0n) is 16.2. The van der Waals surface area contributed by atoms with Gasteiger partial charge in [-0.3, -0.25) is 14.6 Å². The average Bonchev–Trinajstić information content (AvgIpc) is 3.11. The molecule has 0 atom stereocenters.